The highest BCUT2D eigenvalue weighted by Gasteiger charge is 2.28. The van der Waals surface area contributed by atoms with Crippen molar-refractivity contribution in [3.8, 4) is 0 Å². The molecular formula is C10H8Cl3FO4S. The van der Waals surface area contributed by atoms with Crippen LogP contribution in [0.2, 0.25) is 10.0 Å². The molecule has 0 aliphatic heterocycles. The average molecular weight is 350 g/mol. The first kappa shape index (κ1) is 16.5. The molecule has 0 N–H and O–H groups in total. The second-order valence-corrected chi connectivity index (χ2v) is 7.01. The van der Waals surface area contributed by atoms with E-state index in [1.54, 1.807) is 13.8 Å². The molecular weight excluding hydrogens is 342 g/mol. The summed E-state index contributed by atoms with van der Waals surface area (Å²) in [6.07, 6.45) is -0.488. The van der Waals surface area contributed by atoms with Gasteiger partial charge in [-0.05, 0) is 19.9 Å². The molecule has 1 aromatic carbocycles. The Kier molecular flexibility index (Phi) is 5.06. The van der Waals surface area contributed by atoms with Gasteiger partial charge in [-0.1, -0.05) is 23.2 Å². The van der Waals surface area contributed by atoms with Crippen LogP contribution in [0.15, 0.2) is 11.0 Å². The lowest BCUT2D eigenvalue weighted by atomic mass is 10.2. The van der Waals surface area contributed by atoms with Gasteiger partial charge in [0, 0.05) is 10.7 Å². The first-order valence-electron chi connectivity index (χ1n) is 4.88. The third-order valence-corrected chi connectivity index (χ3v) is 4.27. The van der Waals surface area contributed by atoms with Crippen LogP contribution in [0.4, 0.5) is 4.39 Å². The first-order valence-corrected chi connectivity index (χ1v) is 7.95. The zero-order valence-corrected chi connectivity index (χ0v) is 12.8. The Morgan fingerprint density at radius 2 is 1.84 bits per heavy atom. The molecule has 1 rings (SSSR count). The van der Waals surface area contributed by atoms with Crippen molar-refractivity contribution in [1.29, 1.82) is 0 Å². The van der Waals surface area contributed by atoms with Crippen LogP contribution in [0.25, 0.3) is 0 Å². The average Bonchev–Trinajstić information content (AvgIpc) is 2.20. The van der Waals surface area contributed by atoms with Crippen molar-refractivity contribution in [3.63, 3.8) is 0 Å². The summed E-state index contributed by atoms with van der Waals surface area (Å²) in [5.74, 6) is -2.11. The van der Waals surface area contributed by atoms with Gasteiger partial charge < -0.3 is 4.74 Å². The molecule has 19 heavy (non-hydrogen) atoms. The largest absolute Gasteiger partial charge is 0.459 e. The topological polar surface area (TPSA) is 60.4 Å². The standard InChI is InChI=1S/C10H8Cl3FO4S/c1-4(2)18-10(15)5-3-6(14)8(12)9(7(5)11)19(13,16)17/h3-4H,1-2H3. The molecule has 0 saturated carbocycles. The first-order chi connectivity index (χ1) is 8.55. The van der Waals surface area contributed by atoms with Crippen LogP contribution >= 0.6 is 33.9 Å². The Labute approximate surface area is 123 Å². The SMILES string of the molecule is CC(C)OC(=O)c1cc(F)c(Cl)c(S(=O)(=O)Cl)c1Cl. The Morgan fingerprint density at radius 3 is 2.26 bits per heavy atom. The Bertz CT molecular complexity index is 628. The third-order valence-electron chi connectivity index (χ3n) is 1.92. The van der Waals surface area contributed by atoms with E-state index >= 15 is 0 Å². The lowest BCUT2D eigenvalue weighted by Gasteiger charge is -2.12. The third kappa shape index (κ3) is 3.72. The second-order valence-electron chi connectivity index (χ2n) is 3.75. The fraction of sp³-hybridized carbons (Fsp3) is 0.300. The fourth-order valence-corrected chi connectivity index (χ4v) is 3.59. The molecule has 0 bridgehead atoms. The molecule has 0 saturated heterocycles. The fourth-order valence-electron chi connectivity index (χ4n) is 1.22. The molecule has 0 radical (unpaired) electrons. The zero-order valence-electron chi connectivity index (χ0n) is 9.71. The maximum atomic E-state index is 13.5. The van der Waals surface area contributed by atoms with Gasteiger partial charge in [-0.15, -0.1) is 0 Å². The van der Waals surface area contributed by atoms with E-state index in [0.717, 1.165) is 0 Å². The predicted octanol–water partition coefficient (Wildman–Crippen LogP) is 3.63. The molecule has 0 amide bonds. The summed E-state index contributed by atoms with van der Waals surface area (Å²) >= 11 is 11.2. The Morgan fingerprint density at radius 1 is 1.32 bits per heavy atom. The van der Waals surface area contributed by atoms with Crippen molar-refractivity contribution in [1.82, 2.24) is 0 Å². The van der Waals surface area contributed by atoms with Crippen LogP contribution in [0.3, 0.4) is 0 Å². The van der Waals surface area contributed by atoms with Gasteiger partial charge in [0.1, 0.15) is 10.7 Å². The Hall–Kier alpha value is -0.560. The number of hydrogen-bond acceptors (Lipinski definition) is 4. The number of hydrogen-bond donors (Lipinski definition) is 0. The maximum Gasteiger partial charge on any atom is 0.340 e. The Balaban J connectivity index is 3.54. The van der Waals surface area contributed by atoms with E-state index in [9.17, 15) is 17.6 Å². The van der Waals surface area contributed by atoms with Crippen LogP contribution in [-0.2, 0) is 13.8 Å². The van der Waals surface area contributed by atoms with Crippen LogP contribution < -0.4 is 0 Å². The molecule has 0 unspecified atom stereocenters. The van der Waals surface area contributed by atoms with E-state index in [2.05, 4.69) is 0 Å². The minimum Gasteiger partial charge on any atom is -0.459 e. The van der Waals surface area contributed by atoms with Gasteiger partial charge in [-0.2, -0.15) is 0 Å². The van der Waals surface area contributed by atoms with E-state index in [4.69, 9.17) is 38.6 Å². The highest BCUT2D eigenvalue weighted by molar-refractivity contribution is 8.14. The van der Waals surface area contributed by atoms with Gasteiger partial charge in [0.2, 0.25) is 0 Å². The van der Waals surface area contributed by atoms with Crippen molar-refractivity contribution in [3.05, 3.63) is 27.5 Å². The molecule has 0 aromatic heterocycles. The normalized spacial score (nSPS) is 11.7. The van der Waals surface area contributed by atoms with Crippen molar-refractivity contribution in [2.24, 2.45) is 0 Å². The summed E-state index contributed by atoms with van der Waals surface area (Å²) in [5.41, 5.74) is -0.462. The number of ether oxygens (including phenoxy) is 1. The van der Waals surface area contributed by atoms with Crippen molar-refractivity contribution in [2.45, 2.75) is 24.8 Å². The van der Waals surface area contributed by atoms with Gasteiger partial charge in [-0.25, -0.2) is 17.6 Å². The van der Waals surface area contributed by atoms with Gasteiger partial charge in [-0.3, -0.25) is 0 Å². The van der Waals surface area contributed by atoms with Crippen molar-refractivity contribution in [2.75, 3.05) is 0 Å². The zero-order chi connectivity index (χ0) is 15.0. The van der Waals surface area contributed by atoms with E-state index in [1.807, 2.05) is 0 Å². The maximum absolute atomic E-state index is 13.5. The monoisotopic (exact) mass is 348 g/mol. The molecule has 0 aliphatic rings. The van der Waals surface area contributed by atoms with E-state index in [-0.39, 0.29) is 0 Å². The summed E-state index contributed by atoms with van der Waals surface area (Å²) in [6, 6.07) is 0.695. The van der Waals surface area contributed by atoms with E-state index < -0.39 is 47.4 Å². The summed E-state index contributed by atoms with van der Waals surface area (Å²) in [4.78, 5) is 10.8. The van der Waals surface area contributed by atoms with Crippen LogP contribution in [0, 0.1) is 5.82 Å². The summed E-state index contributed by atoms with van der Waals surface area (Å²) in [5, 5.41) is -1.35. The molecule has 9 heteroatoms. The summed E-state index contributed by atoms with van der Waals surface area (Å²) in [7, 11) is 0.697. The lowest BCUT2D eigenvalue weighted by Crippen LogP contribution is -2.13. The molecule has 0 fully saturated rings. The molecule has 0 heterocycles. The number of rotatable bonds is 3. The number of carbonyl (C=O) groups is 1. The number of benzene rings is 1. The highest BCUT2D eigenvalue weighted by Crippen LogP contribution is 2.36. The van der Waals surface area contributed by atoms with Crippen LogP contribution in [0.1, 0.15) is 24.2 Å². The van der Waals surface area contributed by atoms with E-state index in [1.165, 1.54) is 0 Å². The molecule has 106 valence electrons. The van der Waals surface area contributed by atoms with Gasteiger partial charge in [0.25, 0.3) is 9.05 Å². The molecule has 1 aromatic rings. The van der Waals surface area contributed by atoms with E-state index in [0.29, 0.717) is 6.07 Å². The highest BCUT2D eigenvalue weighted by atomic mass is 35.7. The van der Waals surface area contributed by atoms with Gasteiger partial charge in [0.15, 0.2) is 0 Å². The van der Waals surface area contributed by atoms with Crippen LogP contribution in [0.5, 0.6) is 0 Å². The number of esters is 1. The quantitative estimate of drug-likeness (QED) is 0.475. The minimum absolute atomic E-state index is 0.462. The number of halogens is 4. The summed E-state index contributed by atoms with van der Waals surface area (Å²) in [6.45, 7) is 3.13. The minimum atomic E-state index is -4.41. The predicted molar refractivity (Wildman–Crippen MR) is 70.0 cm³/mol. The molecule has 0 atom stereocenters. The summed E-state index contributed by atoms with van der Waals surface area (Å²) < 4.78 is 40.9. The molecule has 0 spiro atoms. The van der Waals surface area contributed by atoms with Crippen molar-refractivity contribution >= 4 is 48.9 Å². The molecule has 0 aliphatic carbocycles. The smallest absolute Gasteiger partial charge is 0.340 e. The van der Waals surface area contributed by atoms with Crippen molar-refractivity contribution < 1.29 is 22.3 Å². The van der Waals surface area contributed by atoms with Crippen LogP contribution in [-0.4, -0.2) is 20.5 Å². The lowest BCUT2D eigenvalue weighted by molar-refractivity contribution is 0.0377. The van der Waals surface area contributed by atoms with Gasteiger partial charge in [0.05, 0.1) is 21.7 Å². The second kappa shape index (κ2) is 5.83. The molecule has 4 nitrogen and oxygen atoms in total. The number of carbonyl (C=O) groups excluding carboxylic acids is 1. The van der Waals surface area contributed by atoms with Gasteiger partial charge >= 0.3 is 5.97 Å².